The Kier molecular flexibility index (Phi) is 4.68. The highest BCUT2D eigenvalue weighted by Crippen LogP contribution is 2.37. The number of carbonyl (C=O) groups excluding carboxylic acids is 4. The van der Waals surface area contributed by atoms with Crippen LogP contribution < -0.4 is 16.0 Å². The molecule has 0 radical (unpaired) electrons. The van der Waals surface area contributed by atoms with Gasteiger partial charge >= 0.3 is 12.1 Å². The van der Waals surface area contributed by atoms with Crippen LogP contribution in [0.25, 0.3) is 0 Å². The van der Waals surface area contributed by atoms with Crippen LogP contribution in [0.4, 0.5) is 9.59 Å². The third kappa shape index (κ3) is 2.90. The Hall–Kier alpha value is -2.12. The van der Waals surface area contributed by atoms with Gasteiger partial charge in [0.1, 0.15) is 12.1 Å². The molecule has 8 nitrogen and oxygen atoms in total. The third-order valence-corrected chi connectivity index (χ3v) is 4.39. The first-order valence-electron chi connectivity index (χ1n) is 7.62. The Morgan fingerprint density at radius 3 is 2.73 bits per heavy atom. The van der Waals surface area contributed by atoms with Gasteiger partial charge in [-0.05, 0) is 25.7 Å². The van der Waals surface area contributed by atoms with Crippen LogP contribution in [0.2, 0.25) is 0 Å². The summed E-state index contributed by atoms with van der Waals surface area (Å²) in [4.78, 5) is 48.6. The number of imide groups is 2. The number of hydrogen-bond donors (Lipinski definition) is 3. The van der Waals surface area contributed by atoms with Gasteiger partial charge in [-0.1, -0.05) is 19.8 Å². The second kappa shape index (κ2) is 6.33. The zero-order chi connectivity index (χ0) is 16.3. The first kappa shape index (κ1) is 16.3. The molecule has 2 rings (SSSR count). The highest BCUT2D eigenvalue weighted by Gasteiger charge is 2.55. The molecule has 2 atom stereocenters. The summed E-state index contributed by atoms with van der Waals surface area (Å²) in [6.07, 6.45) is 3.36. The number of amides is 6. The minimum atomic E-state index is -0.888. The zero-order valence-electron chi connectivity index (χ0n) is 12.9. The topological polar surface area (TPSA) is 108 Å². The van der Waals surface area contributed by atoms with Gasteiger partial charge in [0.2, 0.25) is 5.91 Å². The number of rotatable bonds is 3. The van der Waals surface area contributed by atoms with Crippen LogP contribution in [-0.4, -0.2) is 47.4 Å². The van der Waals surface area contributed by atoms with Crippen LogP contribution in [-0.2, 0) is 9.59 Å². The smallest absolute Gasteiger partial charge is 0.325 e. The SMILES string of the molecule is CCNC(=O)NC(=O)CN1C(=O)N[C@@]2(CCCC[C@H]2C)C1=O. The van der Waals surface area contributed by atoms with Crippen LogP contribution in [0, 0.1) is 5.92 Å². The van der Waals surface area contributed by atoms with Crippen LogP contribution in [0.5, 0.6) is 0 Å². The fourth-order valence-corrected chi connectivity index (χ4v) is 3.15. The summed E-state index contributed by atoms with van der Waals surface area (Å²) in [6.45, 7) is 3.59. The fourth-order valence-electron chi connectivity index (χ4n) is 3.15. The number of nitrogens with zero attached hydrogens (tertiary/aromatic N) is 1. The summed E-state index contributed by atoms with van der Waals surface area (Å²) in [5, 5.41) is 7.26. The normalized spacial score (nSPS) is 27.7. The molecular weight excluding hydrogens is 288 g/mol. The lowest BCUT2D eigenvalue weighted by atomic mass is 9.73. The molecule has 8 heteroatoms. The Balaban J connectivity index is 2.03. The van der Waals surface area contributed by atoms with Crippen molar-refractivity contribution < 1.29 is 19.2 Å². The number of hydrogen-bond acceptors (Lipinski definition) is 4. The molecule has 2 fully saturated rings. The van der Waals surface area contributed by atoms with Gasteiger partial charge in [-0.3, -0.25) is 19.8 Å². The molecule has 1 aliphatic heterocycles. The summed E-state index contributed by atoms with van der Waals surface area (Å²) in [7, 11) is 0. The van der Waals surface area contributed by atoms with Gasteiger partial charge in [0.15, 0.2) is 0 Å². The molecule has 1 spiro atoms. The lowest BCUT2D eigenvalue weighted by Crippen LogP contribution is -2.54. The molecule has 1 saturated heterocycles. The van der Waals surface area contributed by atoms with Crippen molar-refractivity contribution in [3.05, 3.63) is 0 Å². The van der Waals surface area contributed by atoms with Crippen molar-refractivity contribution >= 4 is 23.9 Å². The van der Waals surface area contributed by atoms with E-state index in [1.54, 1.807) is 6.92 Å². The lowest BCUT2D eigenvalue weighted by molar-refractivity contribution is -0.137. The number of carbonyl (C=O) groups is 4. The molecule has 3 N–H and O–H groups in total. The average Bonchev–Trinajstić information content (AvgIpc) is 2.68. The summed E-state index contributed by atoms with van der Waals surface area (Å²) in [6, 6.07) is -1.20. The van der Waals surface area contributed by atoms with Crippen molar-refractivity contribution in [2.75, 3.05) is 13.1 Å². The Morgan fingerprint density at radius 1 is 1.36 bits per heavy atom. The average molecular weight is 310 g/mol. The van der Waals surface area contributed by atoms with Crippen LogP contribution >= 0.6 is 0 Å². The second-order valence-corrected chi connectivity index (χ2v) is 5.85. The molecule has 122 valence electrons. The van der Waals surface area contributed by atoms with Crippen molar-refractivity contribution in [2.45, 2.75) is 45.1 Å². The van der Waals surface area contributed by atoms with Crippen LogP contribution in [0.15, 0.2) is 0 Å². The molecule has 1 saturated carbocycles. The van der Waals surface area contributed by atoms with Crippen molar-refractivity contribution in [1.82, 2.24) is 20.9 Å². The predicted octanol–water partition coefficient (Wildman–Crippen LogP) is 0.333. The highest BCUT2D eigenvalue weighted by atomic mass is 16.2. The minimum absolute atomic E-state index is 0.0363. The van der Waals surface area contributed by atoms with E-state index in [1.165, 1.54) is 0 Å². The maximum Gasteiger partial charge on any atom is 0.325 e. The van der Waals surface area contributed by atoms with E-state index >= 15 is 0 Å². The standard InChI is InChI=1S/C14H22N4O4/c1-3-15-12(21)16-10(19)8-18-11(20)14(17-13(18)22)7-5-4-6-9(14)2/h9H,3-8H2,1-2H3,(H,17,22)(H2,15,16,19,21)/t9-,14-/m1/s1. The maximum absolute atomic E-state index is 12.6. The molecule has 22 heavy (non-hydrogen) atoms. The first-order valence-corrected chi connectivity index (χ1v) is 7.62. The van der Waals surface area contributed by atoms with Crippen LogP contribution in [0.3, 0.4) is 0 Å². The summed E-state index contributed by atoms with van der Waals surface area (Å²) in [5.41, 5.74) is -0.888. The molecule has 1 aliphatic carbocycles. The Labute approximate surface area is 129 Å². The lowest BCUT2D eigenvalue weighted by Gasteiger charge is -2.36. The van der Waals surface area contributed by atoms with E-state index in [1.807, 2.05) is 6.92 Å². The predicted molar refractivity (Wildman–Crippen MR) is 77.8 cm³/mol. The third-order valence-electron chi connectivity index (χ3n) is 4.39. The summed E-state index contributed by atoms with van der Waals surface area (Å²) < 4.78 is 0. The maximum atomic E-state index is 12.6. The molecule has 0 aromatic heterocycles. The van der Waals surface area contributed by atoms with Gasteiger partial charge in [0.25, 0.3) is 5.91 Å². The quantitative estimate of drug-likeness (QED) is 0.653. The second-order valence-electron chi connectivity index (χ2n) is 5.85. The molecule has 0 aromatic rings. The number of nitrogens with one attached hydrogen (secondary N) is 3. The van der Waals surface area contributed by atoms with Crippen LogP contribution in [0.1, 0.15) is 39.5 Å². The van der Waals surface area contributed by atoms with Gasteiger partial charge < -0.3 is 10.6 Å². The Morgan fingerprint density at radius 2 is 2.09 bits per heavy atom. The van der Waals surface area contributed by atoms with Gasteiger partial charge in [-0.25, -0.2) is 9.59 Å². The van der Waals surface area contributed by atoms with Crippen molar-refractivity contribution in [3.63, 3.8) is 0 Å². The van der Waals surface area contributed by atoms with Gasteiger partial charge in [0.05, 0.1) is 0 Å². The highest BCUT2D eigenvalue weighted by molar-refractivity contribution is 6.10. The Bertz CT molecular complexity index is 507. The van der Waals surface area contributed by atoms with E-state index in [9.17, 15) is 19.2 Å². The molecule has 0 bridgehead atoms. The van der Waals surface area contributed by atoms with E-state index in [4.69, 9.17) is 0 Å². The molecular formula is C14H22N4O4. The summed E-state index contributed by atoms with van der Waals surface area (Å²) in [5.74, 6) is -1.01. The molecule has 2 aliphatic rings. The van der Waals surface area contributed by atoms with Crippen molar-refractivity contribution in [1.29, 1.82) is 0 Å². The van der Waals surface area contributed by atoms with Gasteiger partial charge in [0, 0.05) is 6.54 Å². The first-order chi connectivity index (χ1) is 10.4. The zero-order valence-corrected chi connectivity index (χ0v) is 12.9. The van der Waals surface area contributed by atoms with E-state index in [-0.39, 0.29) is 11.8 Å². The molecule has 1 heterocycles. The minimum Gasteiger partial charge on any atom is -0.338 e. The fraction of sp³-hybridized carbons (Fsp3) is 0.714. The van der Waals surface area contributed by atoms with Crippen molar-refractivity contribution in [3.8, 4) is 0 Å². The largest absolute Gasteiger partial charge is 0.338 e. The van der Waals surface area contributed by atoms with E-state index < -0.39 is 30.1 Å². The summed E-state index contributed by atoms with van der Waals surface area (Å²) >= 11 is 0. The number of urea groups is 2. The molecule has 0 unspecified atom stereocenters. The van der Waals surface area contributed by atoms with E-state index in [2.05, 4.69) is 16.0 Å². The van der Waals surface area contributed by atoms with Gasteiger partial charge in [-0.2, -0.15) is 0 Å². The van der Waals surface area contributed by atoms with E-state index in [0.29, 0.717) is 13.0 Å². The van der Waals surface area contributed by atoms with Gasteiger partial charge in [-0.15, -0.1) is 0 Å². The van der Waals surface area contributed by atoms with Crippen molar-refractivity contribution in [2.24, 2.45) is 5.92 Å². The van der Waals surface area contributed by atoms with E-state index in [0.717, 1.165) is 24.2 Å². The molecule has 0 aromatic carbocycles. The molecule has 6 amide bonds. The monoisotopic (exact) mass is 310 g/mol.